The molecular weight excluding hydrogens is 610 g/mol. The average Bonchev–Trinajstić information content (AvgIpc) is 3.84. The van der Waals surface area contributed by atoms with Gasteiger partial charge in [0.05, 0.1) is 22.3 Å². The van der Waals surface area contributed by atoms with Crippen LogP contribution in [0.3, 0.4) is 0 Å². The van der Waals surface area contributed by atoms with Gasteiger partial charge in [0.15, 0.2) is 10.6 Å². The number of piperazine rings is 1. The van der Waals surface area contributed by atoms with Gasteiger partial charge in [-0.2, -0.15) is 9.40 Å². The molecule has 1 aromatic heterocycles. The van der Waals surface area contributed by atoms with Crippen LogP contribution in [-0.4, -0.2) is 71.0 Å². The van der Waals surface area contributed by atoms with Gasteiger partial charge in [-0.15, -0.1) is 0 Å². The number of carbonyl (C=O) groups is 1. The number of primary amides is 1. The number of nitro groups is 1. The summed E-state index contributed by atoms with van der Waals surface area (Å²) in [5, 5.41) is 19.7. The van der Waals surface area contributed by atoms with Gasteiger partial charge in [0.25, 0.3) is 11.6 Å². The van der Waals surface area contributed by atoms with Crippen LogP contribution in [0.5, 0.6) is 11.5 Å². The molecule has 1 aliphatic carbocycles. The number of hydrogen-bond donors (Lipinski definition) is 2. The highest BCUT2D eigenvalue weighted by molar-refractivity contribution is 7.89. The van der Waals surface area contributed by atoms with Crippen molar-refractivity contribution in [2.24, 2.45) is 5.73 Å². The van der Waals surface area contributed by atoms with Crippen LogP contribution in [0.2, 0.25) is 0 Å². The first-order chi connectivity index (χ1) is 22.2. The maximum atomic E-state index is 13.4. The Kier molecular flexibility index (Phi) is 7.71. The predicted octanol–water partition coefficient (Wildman–Crippen LogP) is 4.41. The lowest BCUT2D eigenvalue weighted by molar-refractivity contribution is -0.387. The quantitative estimate of drug-likeness (QED) is 0.198. The summed E-state index contributed by atoms with van der Waals surface area (Å²) in [7, 11) is -4.07. The fourth-order valence-corrected chi connectivity index (χ4v) is 7.97. The zero-order valence-electron chi connectivity index (χ0n) is 24.9. The highest BCUT2D eigenvalue weighted by atomic mass is 32.2. The molecule has 0 bridgehead atoms. The van der Waals surface area contributed by atoms with E-state index >= 15 is 0 Å². The molecule has 2 aliphatic heterocycles. The lowest BCUT2D eigenvalue weighted by Crippen LogP contribution is -2.50. The topological polar surface area (TPSA) is 166 Å². The van der Waals surface area contributed by atoms with Crippen LogP contribution in [0.15, 0.2) is 77.7 Å². The molecule has 3 N–H and O–H groups in total. The fourth-order valence-electron chi connectivity index (χ4n) is 6.39. The van der Waals surface area contributed by atoms with E-state index in [-0.39, 0.29) is 29.7 Å². The van der Waals surface area contributed by atoms with Gasteiger partial charge in [-0.05, 0) is 67.1 Å². The number of aromatic nitrogens is 2. The molecule has 1 saturated carbocycles. The van der Waals surface area contributed by atoms with Gasteiger partial charge < -0.3 is 15.8 Å². The normalized spacial score (nSPS) is 18.8. The van der Waals surface area contributed by atoms with Gasteiger partial charge in [-0.1, -0.05) is 30.3 Å². The number of nitrogens with two attached hydrogens (primary N) is 1. The average molecular weight is 644 g/mol. The van der Waals surface area contributed by atoms with Crippen LogP contribution in [0.1, 0.15) is 53.0 Å². The highest BCUT2D eigenvalue weighted by Gasteiger charge is 2.38. The summed E-state index contributed by atoms with van der Waals surface area (Å²) in [4.78, 5) is 25.4. The van der Waals surface area contributed by atoms with Gasteiger partial charge in [-0.3, -0.25) is 19.8 Å². The van der Waals surface area contributed by atoms with Crippen LogP contribution in [0.25, 0.3) is 5.69 Å². The van der Waals surface area contributed by atoms with Crippen molar-refractivity contribution < 1.29 is 22.9 Å². The molecule has 3 aromatic carbocycles. The summed E-state index contributed by atoms with van der Waals surface area (Å²) in [6.45, 7) is 1.66. The third-order valence-corrected chi connectivity index (χ3v) is 10.8. The number of ether oxygens (including phenoxy) is 1. The second kappa shape index (κ2) is 11.9. The zero-order valence-corrected chi connectivity index (χ0v) is 25.7. The number of rotatable bonds is 9. The van der Waals surface area contributed by atoms with E-state index in [9.17, 15) is 23.3 Å². The third-order valence-electron chi connectivity index (χ3n) is 8.82. The van der Waals surface area contributed by atoms with Crippen molar-refractivity contribution in [1.82, 2.24) is 19.0 Å². The van der Waals surface area contributed by atoms with Crippen molar-refractivity contribution in [2.75, 3.05) is 38.0 Å². The molecular formula is C32H33N7O6S. The predicted molar refractivity (Wildman–Crippen MR) is 170 cm³/mol. The molecule has 3 aliphatic rings. The molecule has 1 atom stereocenters. The number of hydrogen-bond acceptors (Lipinski definition) is 9. The lowest BCUT2D eigenvalue weighted by Gasteiger charge is -2.39. The van der Waals surface area contributed by atoms with Crippen LogP contribution in [0.4, 0.5) is 11.4 Å². The number of anilines is 1. The van der Waals surface area contributed by atoms with E-state index in [0.29, 0.717) is 54.8 Å². The summed E-state index contributed by atoms with van der Waals surface area (Å²) in [6, 6.07) is 20.6. The summed E-state index contributed by atoms with van der Waals surface area (Å²) < 4.78 is 35.8. The number of fused-ring (bicyclic) bond motifs is 1. The largest absolute Gasteiger partial charge is 0.457 e. The summed E-state index contributed by atoms with van der Waals surface area (Å²) in [5.41, 5.74) is 8.76. The molecule has 238 valence electrons. The Labute approximate surface area is 265 Å². The Morgan fingerprint density at radius 1 is 0.957 bits per heavy atom. The fraction of sp³-hybridized carbons (Fsp3) is 0.312. The van der Waals surface area contributed by atoms with E-state index in [0.717, 1.165) is 5.75 Å². The van der Waals surface area contributed by atoms with Gasteiger partial charge in [0.2, 0.25) is 10.0 Å². The summed E-state index contributed by atoms with van der Waals surface area (Å²) >= 11 is 0. The molecule has 14 heteroatoms. The third kappa shape index (κ3) is 5.48. The van der Waals surface area contributed by atoms with Gasteiger partial charge in [0.1, 0.15) is 17.2 Å². The molecule has 4 aromatic rings. The SMILES string of the molecule is NC(=O)c1c2c(nn1-c1ccc(Oc3ccccc3C3CC3)cc1)[C@H](N1CCN(S(=O)(=O)c3ccccc3[N+](=O)[O-])CC1)CCN2. The molecule has 0 spiro atoms. The molecule has 7 rings (SSSR count). The number of benzene rings is 3. The minimum atomic E-state index is -4.07. The highest BCUT2D eigenvalue weighted by Crippen LogP contribution is 2.45. The van der Waals surface area contributed by atoms with E-state index in [4.69, 9.17) is 15.6 Å². The van der Waals surface area contributed by atoms with Crippen LogP contribution < -0.4 is 15.8 Å². The maximum absolute atomic E-state index is 13.4. The van der Waals surface area contributed by atoms with Gasteiger partial charge >= 0.3 is 0 Å². The molecule has 1 amide bonds. The minimum Gasteiger partial charge on any atom is -0.457 e. The first-order valence-corrected chi connectivity index (χ1v) is 16.7. The Balaban J connectivity index is 1.11. The molecule has 2 fully saturated rings. The number of amides is 1. The Hall–Kier alpha value is -4.79. The van der Waals surface area contributed by atoms with Gasteiger partial charge in [-0.25, -0.2) is 13.1 Å². The number of nitro benzene ring substituents is 1. The second-order valence-electron chi connectivity index (χ2n) is 11.7. The smallest absolute Gasteiger partial charge is 0.289 e. The maximum Gasteiger partial charge on any atom is 0.289 e. The number of para-hydroxylation sites is 2. The molecule has 0 unspecified atom stereocenters. The second-order valence-corrected chi connectivity index (χ2v) is 13.6. The van der Waals surface area contributed by atoms with Crippen molar-refractivity contribution in [3.63, 3.8) is 0 Å². The van der Waals surface area contributed by atoms with E-state index in [1.165, 1.54) is 47.0 Å². The molecule has 3 heterocycles. The Morgan fingerprint density at radius 2 is 1.65 bits per heavy atom. The molecule has 46 heavy (non-hydrogen) atoms. The van der Waals surface area contributed by atoms with Crippen molar-refractivity contribution in [1.29, 1.82) is 0 Å². The number of nitrogens with one attached hydrogen (secondary N) is 1. The zero-order chi connectivity index (χ0) is 32.0. The van der Waals surface area contributed by atoms with Crippen molar-refractivity contribution in [3.8, 4) is 17.2 Å². The van der Waals surface area contributed by atoms with Crippen molar-refractivity contribution >= 4 is 27.3 Å². The Morgan fingerprint density at radius 3 is 2.35 bits per heavy atom. The standard InChI is InChI=1S/C32H33N7O6S/c33-32(40)31-30-29(35-38(31)22-11-13-23(14-12-22)45-27-7-3-1-5-24(27)21-9-10-21)26(15-16-34-30)36-17-19-37(20-18-36)46(43,44)28-8-4-2-6-25(28)39(41)42/h1-8,11-14,21,26,34H,9-10,15-20H2,(H2,33,40)/t26-/m1/s1. The first kappa shape index (κ1) is 29.9. The van der Waals surface area contributed by atoms with Crippen LogP contribution >= 0.6 is 0 Å². The number of sulfonamides is 1. The summed E-state index contributed by atoms with van der Waals surface area (Å²) in [6.07, 6.45) is 3.02. The molecule has 1 saturated heterocycles. The molecule has 13 nitrogen and oxygen atoms in total. The van der Waals surface area contributed by atoms with Crippen molar-refractivity contribution in [2.45, 2.75) is 36.1 Å². The van der Waals surface area contributed by atoms with E-state index in [1.807, 2.05) is 42.5 Å². The number of carbonyl (C=O) groups excluding carboxylic acids is 1. The van der Waals surface area contributed by atoms with E-state index < -0.39 is 26.5 Å². The van der Waals surface area contributed by atoms with Crippen LogP contribution in [0, 0.1) is 10.1 Å². The van der Waals surface area contributed by atoms with E-state index in [1.54, 1.807) is 4.68 Å². The van der Waals surface area contributed by atoms with Gasteiger partial charge in [0, 0.05) is 38.8 Å². The monoisotopic (exact) mass is 643 g/mol. The Bertz CT molecular complexity index is 1920. The summed E-state index contributed by atoms with van der Waals surface area (Å²) in [5.74, 6) is 1.43. The van der Waals surface area contributed by atoms with E-state index in [2.05, 4.69) is 16.3 Å². The van der Waals surface area contributed by atoms with Crippen molar-refractivity contribution in [3.05, 3.63) is 99.9 Å². The number of nitrogens with zero attached hydrogens (tertiary/aromatic N) is 5. The first-order valence-electron chi connectivity index (χ1n) is 15.2. The lowest BCUT2D eigenvalue weighted by atomic mass is 10.0. The molecule has 0 radical (unpaired) electrons. The minimum absolute atomic E-state index is 0.155. The van der Waals surface area contributed by atoms with Crippen LogP contribution in [-0.2, 0) is 10.0 Å².